The van der Waals surface area contributed by atoms with Crippen molar-refractivity contribution in [1.29, 1.82) is 0 Å². The SMILES string of the molecule is O=S(=O)(Cl)c1ccc(-c2cnns2)cc1. The van der Waals surface area contributed by atoms with E-state index in [1.807, 2.05) is 0 Å². The minimum atomic E-state index is -3.64. The normalized spacial score (nSPS) is 11.5. The predicted octanol–water partition coefficient (Wildman–Crippen LogP) is 2.13. The first kappa shape index (κ1) is 10.5. The lowest BCUT2D eigenvalue weighted by atomic mass is 10.2. The van der Waals surface area contributed by atoms with Gasteiger partial charge in [-0.15, -0.1) is 5.10 Å². The zero-order chi connectivity index (χ0) is 10.9. The van der Waals surface area contributed by atoms with Crippen LogP contribution in [0.15, 0.2) is 35.4 Å². The molecule has 0 aliphatic carbocycles. The van der Waals surface area contributed by atoms with Gasteiger partial charge in [-0.25, -0.2) is 8.42 Å². The number of nitrogens with zero attached hydrogens (tertiary/aromatic N) is 2. The van der Waals surface area contributed by atoms with Gasteiger partial charge in [-0.05, 0) is 29.2 Å². The molecular weight excluding hydrogens is 256 g/mol. The van der Waals surface area contributed by atoms with Crippen LogP contribution in [0.2, 0.25) is 0 Å². The molecule has 7 heteroatoms. The minimum Gasteiger partial charge on any atom is -0.207 e. The van der Waals surface area contributed by atoms with Gasteiger partial charge in [0.05, 0.1) is 16.0 Å². The quantitative estimate of drug-likeness (QED) is 0.776. The van der Waals surface area contributed by atoms with E-state index in [0.29, 0.717) is 0 Å². The van der Waals surface area contributed by atoms with Gasteiger partial charge in [0, 0.05) is 10.7 Å². The molecule has 0 N–H and O–H groups in total. The summed E-state index contributed by atoms with van der Waals surface area (Å²) >= 11 is 1.25. The van der Waals surface area contributed by atoms with E-state index in [9.17, 15) is 8.42 Å². The van der Waals surface area contributed by atoms with Gasteiger partial charge in [-0.1, -0.05) is 16.6 Å². The van der Waals surface area contributed by atoms with Gasteiger partial charge in [0.1, 0.15) is 0 Å². The van der Waals surface area contributed by atoms with Crippen LogP contribution < -0.4 is 0 Å². The smallest absolute Gasteiger partial charge is 0.207 e. The summed E-state index contributed by atoms with van der Waals surface area (Å²) in [6, 6.07) is 6.25. The Morgan fingerprint density at radius 1 is 1.20 bits per heavy atom. The van der Waals surface area contributed by atoms with Gasteiger partial charge in [-0.3, -0.25) is 0 Å². The van der Waals surface area contributed by atoms with Crippen molar-refractivity contribution in [1.82, 2.24) is 9.59 Å². The van der Waals surface area contributed by atoms with Crippen molar-refractivity contribution in [2.45, 2.75) is 4.90 Å². The van der Waals surface area contributed by atoms with Crippen LogP contribution >= 0.6 is 22.2 Å². The molecule has 0 atom stereocenters. The Labute approximate surface area is 95.1 Å². The Bertz CT molecular complexity index is 549. The number of hydrogen-bond donors (Lipinski definition) is 0. The van der Waals surface area contributed by atoms with E-state index in [1.165, 1.54) is 23.7 Å². The maximum absolute atomic E-state index is 11.0. The van der Waals surface area contributed by atoms with Crippen LogP contribution in [0.4, 0.5) is 0 Å². The van der Waals surface area contributed by atoms with E-state index in [1.54, 1.807) is 18.3 Å². The van der Waals surface area contributed by atoms with Crippen LogP contribution in [-0.4, -0.2) is 18.0 Å². The summed E-state index contributed by atoms with van der Waals surface area (Å²) in [6.45, 7) is 0. The van der Waals surface area contributed by atoms with Crippen molar-refractivity contribution in [3.05, 3.63) is 30.5 Å². The maximum atomic E-state index is 11.0. The maximum Gasteiger partial charge on any atom is 0.261 e. The lowest BCUT2D eigenvalue weighted by Gasteiger charge is -1.97. The first-order valence-electron chi connectivity index (χ1n) is 3.90. The fourth-order valence-electron chi connectivity index (χ4n) is 1.08. The monoisotopic (exact) mass is 260 g/mol. The standard InChI is InChI=1S/C8H5ClN2O2S2/c9-15(12,13)7-3-1-6(2-4-7)8-5-10-11-14-8/h1-5H. The van der Waals surface area contributed by atoms with Gasteiger partial charge in [0.25, 0.3) is 9.05 Å². The Kier molecular flexibility index (Phi) is 2.72. The van der Waals surface area contributed by atoms with Crippen LogP contribution in [0.25, 0.3) is 10.4 Å². The first-order valence-corrected chi connectivity index (χ1v) is 6.98. The minimum absolute atomic E-state index is 0.0883. The molecule has 1 aromatic heterocycles. The van der Waals surface area contributed by atoms with Crippen molar-refractivity contribution in [3.8, 4) is 10.4 Å². The van der Waals surface area contributed by atoms with Gasteiger partial charge in [0.2, 0.25) is 0 Å². The number of rotatable bonds is 2. The molecule has 2 rings (SSSR count). The fraction of sp³-hybridized carbons (Fsp3) is 0. The second kappa shape index (κ2) is 3.88. The first-order chi connectivity index (χ1) is 7.07. The number of hydrogen-bond acceptors (Lipinski definition) is 5. The van der Waals surface area contributed by atoms with Crippen molar-refractivity contribution in [2.24, 2.45) is 0 Å². The molecule has 1 heterocycles. The van der Waals surface area contributed by atoms with E-state index < -0.39 is 9.05 Å². The lowest BCUT2D eigenvalue weighted by molar-refractivity contribution is 0.609. The molecule has 0 amide bonds. The second-order valence-electron chi connectivity index (χ2n) is 2.74. The van der Waals surface area contributed by atoms with Crippen LogP contribution in [0.1, 0.15) is 0 Å². The molecule has 1 aromatic carbocycles. The zero-order valence-corrected chi connectivity index (χ0v) is 9.68. The highest BCUT2D eigenvalue weighted by Crippen LogP contribution is 2.24. The molecule has 0 fully saturated rings. The summed E-state index contributed by atoms with van der Waals surface area (Å²) in [4.78, 5) is 0.971. The summed E-state index contributed by atoms with van der Waals surface area (Å²) in [6.07, 6.45) is 1.62. The van der Waals surface area contributed by atoms with Gasteiger partial charge in [-0.2, -0.15) is 0 Å². The Hall–Kier alpha value is -0.980. The predicted molar refractivity (Wildman–Crippen MR) is 58.4 cm³/mol. The van der Waals surface area contributed by atoms with Crippen LogP contribution in [0.3, 0.4) is 0 Å². The highest BCUT2D eigenvalue weighted by Gasteiger charge is 2.09. The van der Waals surface area contributed by atoms with Crippen LogP contribution in [0, 0.1) is 0 Å². The van der Waals surface area contributed by atoms with E-state index >= 15 is 0 Å². The van der Waals surface area contributed by atoms with Crippen LogP contribution in [-0.2, 0) is 9.05 Å². The highest BCUT2D eigenvalue weighted by atomic mass is 35.7. The summed E-state index contributed by atoms with van der Waals surface area (Å²) in [5.74, 6) is 0. The Morgan fingerprint density at radius 2 is 1.87 bits per heavy atom. The summed E-state index contributed by atoms with van der Waals surface area (Å²) in [7, 11) is 1.54. The lowest BCUT2D eigenvalue weighted by Crippen LogP contribution is -1.89. The summed E-state index contributed by atoms with van der Waals surface area (Å²) in [5.41, 5.74) is 0.870. The Morgan fingerprint density at radius 3 is 2.33 bits per heavy atom. The Balaban J connectivity index is 2.42. The average molecular weight is 261 g/mol. The molecule has 0 aliphatic heterocycles. The molecule has 0 radical (unpaired) electrons. The van der Waals surface area contributed by atoms with Crippen molar-refractivity contribution >= 4 is 31.3 Å². The molecule has 0 bridgehead atoms. The molecule has 0 saturated heterocycles. The van der Waals surface area contributed by atoms with Gasteiger partial charge < -0.3 is 0 Å². The van der Waals surface area contributed by atoms with Crippen molar-refractivity contribution in [3.63, 3.8) is 0 Å². The van der Waals surface area contributed by atoms with Crippen LogP contribution in [0.5, 0.6) is 0 Å². The molecular formula is C8H5ClN2O2S2. The number of aromatic nitrogens is 2. The van der Waals surface area contributed by atoms with E-state index in [2.05, 4.69) is 9.59 Å². The summed E-state index contributed by atoms with van der Waals surface area (Å²) < 4.78 is 25.7. The second-order valence-corrected chi connectivity index (χ2v) is 6.10. The third kappa shape index (κ3) is 2.34. The molecule has 4 nitrogen and oxygen atoms in total. The third-order valence-electron chi connectivity index (χ3n) is 1.78. The molecule has 0 spiro atoms. The van der Waals surface area contributed by atoms with Crippen molar-refractivity contribution in [2.75, 3.05) is 0 Å². The van der Waals surface area contributed by atoms with E-state index in [4.69, 9.17) is 10.7 Å². The van der Waals surface area contributed by atoms with Gasteiger partial charge >= 0.3 is 0 Å². The van der Waals surface area contributed by atoms with Crippen molar-refractivity contribution < 1.29 is 8.42 Å². The molecule has 78 valence electrons. The topological polar surface area (TPSA) is 59.9 Å². The highest BCUT2D eigenvalue weighted by molar-refractivity contribution is 8.13. The zero-order valence-electron chi connectivity index (χ0n) is 7.29. The summed E-state index contributed by atoms with van der Waals surface area (Å²) in [5, 5.41) is 3.69. The average Bonchev–Trinajstić information content (AvgIpc) is 2.69. The molecule has 0 unspecified atom stereocenters. The molecule has 0 saturated carbocycles. The fourth-order valence-corrected chi connectivity index (χ4v) is 2.36. The third-order valence-corrected chi connectivity index (χ3v) is 3.87. The molecule has 2 aromatic rings. The van der Waals surface area contributed by atoms with E-state index in [-0.39, 0.29) is 4.90 Å². The largest absolute Gasteiger partial charge is 0.261 e. The van der Waals surface area contributed by atoms with Gasteiger partial charge in [0.15, 0.2) is 0 Å². The molecule has 15 heavy (non-hydrogen) atoms. The number of halogens is 1. The molecule has 0 aliphatic rings. The van der Waals surface area contributed by atoms with E-state index in [0.717, 1.165) is 10.4 Å². The number of benzene rings is 1.